The highest BCUT2D eigenvalue weighted by molar-refractivity contribution is 5.95. The minimum atomic E-state index is -0.809. The smallest absolute Gasteiger partial charge is 0.321 e. The van der Waals surface area contributed by atoms with Crippen molar-refractivity contribution in [2.45, 2.75) is 39.5 Å². The summed E-state index contributed by atoms with van der Waals surface area (Å²) in [5.74, 6) is -1.21. The number of urea groups is 1. The lowest BCUT2D eigenvalue weighted by Crippen LogP contribution is -2.51. The molecule has 0 aromatic heterocycles. The molecule has 120 valence electrons. The molecule has 0 bridgehead atoms. The summed E-state index contributed by atoms with van der Waals surface area (Å²) >= 11 is 0. The Morgan fingerprint density at radius 3 is 2.57 bits per heavy atom. The van der Waals surface area contributed by atoms with Gasteiger partial charge in [-0.3, -0.25) is 19.8 Å². The van der Waals surface area contributed by atoms with Crippen LogP contribution >= 0.6 is 0 Å². The van der Waals surface area contributed by atoms with Gasteiger partial charge >= 0.3 is 12.0 Å². The van der Waals surface area contributed by atoms with Crippen molar-refractivity contribution in [1.82, 2.24) is 15.5 Å². The third-order valence-corrected chi connectivity index (χ3v) is 3.94. The van der Waals surface area contributed by atoms with Crippen molar-refractivity contribution in [3.05, 3.63) is 0 Å². The Balaban J connectivity index is 2.49. The van der Waals surface area contributed by atoms with Gasteiger partial charge in [-0.25, -0.2) is 4.79 Å². The summed E-state index contributed by atoms with van der Waals surface area (Å²) in [5, 5.41) is 14.2. The molecule has 7 nitrogen and oxygen atoms in total. The maximum atomic E-state index is 11.8. The second-order valence-corrected chi connectivity index (χ2v) is 5.56. The van der Waals surface area contributed by atoms with E-state index in [-0.39, 0.29) is 6.54 Å². The van der Waals surface area contributed by atoms with Crippen molar-refractivity contribution in [2.24, 2.45) is 5.41 Å². The molecule has 1 saturated heterocycles. The average Bonchev–Trinajstić information content (AvgIpc) is 2.44. The lowest BCUT2D eigenvalue weighted by atomic mass is 9.77. The summed E-state index contributed by atoms with van der Waals surface area (Å²) in [6.45, 7) is 5.37. The highest BCUT2D eigenvalue weighted by atomic mass is 16.4. The number of rotatable bonds is 6. The van der Waals surface area contributed by atoms with Gasteiger partial charge in [-0.15, -0.1) is 0 Å². The summed E-state index contributed by atoms with van der Waals surface area (Å²) in [7, 11) is 0. The third-order valence-electron chi connectivity index (χ3n) is 3.94. The van der Waals surface area contributed by atoms with Crippen LogP contribution in [0.3, 0.4) is 0 Å². The van der Waals surface area contributed by atoms with E-state index in [0.29, 0.717) is 32.5 Å². The molecule has 1 fully saturated rings. The fourth-order valence-electron chi connectivity index (χ4n) is 2.63. The number of carboxylic acid groups (broad SMARTS) is 1. The van der Waals surface area contributed by atoms with E-state index >= 15 is 0 Å². The minimum Gasteiger partial charge on any atom is -0.481 e. The second kappa shape index (κ2) is 7.97. The number of hydrogen-bond acceptors (Lipinski definition) is 4. The summed E-state index contributed by atoms with van der Waals surface area (Å²) in [4.78, 5) is 36.4. The van der Waals surface area contributed by atoms with Gasteiger partial charge < -0.3 is 10.4 Å². The van der Waals surface area contributed by atoms with Gasteiger partial charge in [0.2, 0.25) is 5.91 Å². The van der Waals surface area contributed by atoms with Gasteiger partial charge in [-0.05, 0) is 32.2 Å². The molecule has 1 atom stereocenters. The molecule has 0 saturated carbocycles. The number of aliphatic carboxylic acids is 1. The van der Waals surface area contributed by atoms with Crippen LogP contribution in [-0.4, -0.2) is 54.1 Å². The van der Waals surface area contributed by atoms with Gasteiger partial charge in [0.25, 0.3) is 0 Å². The van der Waals surface area contributed by atoms with E-state index in [1.165, 1.54) is 0 Å². The van der Waals surface area contributed by atoms with E-state index in [0.717, 1.165) is 12.8 Å². The molecule has 0 spiro atoms. The Morgan fingerprint density at radius 2 is 2.00 bits per heavy atom. The molecule has 7 heteroatoms. The summed E-state index contributed by atoms with van der Waals surface area (Å²) in [5.41, 5.74) is -0.775. The van der Waals surface area contributed by atoms with Crippen LogP contribution in [0.5, 0.6) is 0 Å². The monoisotopic (exact) mass is 299 g/mol. The van der Waals surface area contributed by atoms with Crippen LogP contribution in [0.4, 0.5) is 4.79 Å². The quantitative estimate of drug-likeness (QED) is 0.674. The maximum absolute atomic E-state index is 11.8. The molecule has 1 unspecified atom stereocenters. The highest BCUT2D eigenvalue weighted by Crippen LogP contribution is 2.33. The minimum absolute atomic E-state index is 0.0502. The first-order valence-corrected chi connectivity index (χ1v) is 7.47. The molecule has 1 rings (SSSR count). The fourth-order valence-corrected chi connectivity index (χ4v) is 2.63. The number of nitrogens with zero attached hydrogens (tertiary/aromatic N) is 1. The van der Waals surface area contributed by atoms with Crippen LogP contribution < -0.4 is 10.6 Å². The zero-order chi connectivity index (χ0) is 15.9. The van der Waals surface area contributed by atoms with Gasteiger partial charge in [-0.2, -0.15) is 0 Å². The van der Waals surface area contributed by atoms with Crippen molar-refractivity contribution in [3.8, 4) is 0 Å². The SMILES string of the molecule is CCCNC(=O)NC(=O)CN1CCCC(CC)(C(=O)O)C1. The number of nitrogens with one attached hydrogen (secondary N) is 2. The molecular weight excluding hydrogens is 274 g/mol. The number of carbonyl (C=O) groups excluding carboxylic acids is 2. The number of hydrogen-bond donors (Lipinski definition) is 3. The van der Waals surface area contributed by atoms with Gasteiger partial charge in [0.15, 0.2) is 0 Å². The first-order valence-electron chi connectivity index (χ1n) is 7.47. The maximum Gasteiger partial charge on any atom is 0.321 e. The third kappa shape index (κ3) is 5.00. The van der Waals surface area contributed by atoms with Crippen LogP contribution in [0.25, 0.3) is 0 Å². The number of amides is 3. The zero-order valence-electron chi connectivity index (χ0n) is 12.8. The van der Waals surface area contributed by atoms with Crippen molar-refractivity contribution in [1.29, 1.82) is 0 Å². The molecule has 0 aromatic rings. The molecule has 3 amide bonds. The van der Waals surface area contributed by atoms with Crippen LogP contribution in [-0.2, 0) is 9.59 Å². The van der Waals surface area contributed by atoms with Crippen LogP contribution in [0.15, 0.2) is 0 Å². The van der Waals surface area contributed by atoms with E-state index in [9.17, 15) is 19.5 Å². The first kappa shape index (κ1) is 17.4. The Kier molecular flexibility index (Phi) is 6.61. The first-order chi connectivity index (χ1) is 9.93. The van der Waals surface area contributed by atoms with E-state index in [1.54, 1.807) is 0 Å². The van der Waals surface area contributed by atoms with Crippen molar-refractivity contribution < 1.29 is 19.5 Å². The molecule has 21 heavy (non-hydrogen) atoms. The fraction of sp³-hybridized carbons (Fsp3) is 0.786. The highest BCUT2D eigenvalue weighted by Gasteiger charge is 2.41. The second-order valence-electron chi connectivity index (χ2n) is 5.56. The van der Waals surface area contributed by atoms with E-state index in [2.05, 4.69) is 10.6 Å². The Hall–Kier alpha value is -1.63. The number of likely N-dealkylation sites (tertiary alicyclic amines) is 1. The van der Waals surface area contributed by atoms with E-state index in [4.69, 9.17) is 0 Å². The summed E-state index contributed by atoms with van der Waals surface area (Å²) < 4.78 is 0. The normalized spacial score (nSPS) is 22.6. The molecular formula is C14H25N3O4. The lowest BCUT2D eigenvalue weighted by molar-refractivity contribution is -0.153. The van der Waals surface area contributed by atoms with Gasteiger partial charge in [0.1, 0.15) is 0 Å². The Labute approximate surface area is 125 Å². The number of piperidine rings is 1. The van der Waals surface area contributed by atoms with Gasteiger partial charge in [0.05, 0.1) is 12.0 Å². The van der Waals surface area contributed by atoms with Crippen molar-refractivity contribution >= 4 is 17.9 Å². The van der Waals surface area contributed by atoms with Crippen LogP contribution in [0.2, 0.25) is 0 Å². The molecule has 0 aromatic carbocycles. The van der Waals surface area contributed by atoms with Crippen molar-refractivity contribution in [2.75, 3.05) is 26.2 Å². The predicted molar refractivity (Wildman–Crippen MR) is 77.9 cm³/mol. The lowest BCUT2D eigenvalue weighted by Gasteiger charge is -2.39. The largest absolute Gasteiger partial charge is 0.481 e. The van der Waals surface area contributed by atoms with Crippen LogP contribution in [0.1, 0.15) is 39.5 Å². The topological polar surface area (TPSA) is 98.7 Å². The standard InChI is InChI=1S/C14H25N3O4/c1-3-7-15-13(21)16-11(18)9-17-8-5-6-14(4-2,10-17)12(19)20/h3-10H2,1-2H3,(H,19,20)(H2,15,16,18,21). The number of carboxylic acids is 1. The van der Waals surface area contributed by atoms with Crippen molar-refractivity contribution in [3.63, 3.8) is 0 Å². The van der Waals surface area contributed by atoms with E-state index in [1.807, 2.05) is 18.7 Å². The molecule has 3 N–H and O–H groups in total. The van der Waals surface area contributed by atoms with Gasteiger partial charge in [-0.1, -0.05) is 13.8 Å². The molecule has 1 aliphatic heterocycles. The molecule has 1 heterocycles. The molecule has 1 aliphatic rings. The number of imide groups is 1. The Bertz CT molecular complexity index is 400. The molecule has 0 aliphatic carbocycles. The van der Waals surface area contributed by atoms with Gasteiger partial charge in [0, 0.05) is 13.1 Å². The summed E-state index contributed by atoms with van der Waals surface area (Å²) in [6.07, 6.45) is 2.71. The predicted octanol–water partition coefficient (Wildman–Crippen LogP) is 0.799. The summed E-state index contributed by atoms with van der Waals surface area (Å²) in [6, 6.07) is -0.501. The van der Waals surface area contributed by atoms with E-state index < -0.39 is 23.3 Å². The average molecular weight is 299 g/mol. The molecule has 0 radical (unpaired) electrons. The zero-order valence-corrected chi connectivity index (χ0v) is 12.8. The van der Waals surface area contributed by atoms with Crippen LogP contribution in [0, 0.1) is 5.41 Å². The Morgan fingerprint density at radius 1 is 1.29 bits per heavy atom. The number of carbonyl (C=O) groups is 3.